The molecular weight excluding hydrogens is 1710 g/mol. The SMILES string of the molecule is CC.CC.Cc1ccc2ccc3c(-c4ccccc4)c4ccc5cc6c7cc8c9cc%10ccc%11c(-c%12ccccc%12)c%12ccc%13cc%14c%15ccc%16c%17c(C)ccc%18ccc%19c(-c%20ccccc%20)c%20ccc%21cc%22c%23cc%24c%25cc%26ccc%27c(-c%28ccccc%28)c%28ccc%29cc%30c%31ccc%32c1c2c3c1c4c5c(c%31c%321)c6c%30c1c%29c%28c2c%27c%26c(c%25c9c3c%10c%11c4c%12c%13c(c%14c%22c5c%21c%20c(c%19c%18%17)c%16c%155)c%23c4c%243)c8c2c71. The number of hydrogen-bond acceptors (Lipinski definition) is 0. The Bertz CT molecular complexity index is 12500. The van der Waals surface area contributed by atoms with E-state index in [1.165, 1.54) is 454 Å². The quantitative estimate of drug-likeness (QED) is 0.122. The maximum absolute atomic E-state index is 2.82. The summed E-state index contributed by atoms with van der Waals surface area (Å²) >= 11 is 0. The lowest BCUT2D eigenvalue weighted by Crippen LogP contribution is -2.04. The van der Waals surface area contributed by atoms with E-state index < -0.39 is 0 Å². The molecule has 0 heteroatoms. The number of aryl methyl sites for hydroxylation is 2. The van der Waals surface area contributed by atoms with Crippen LogP contribution in [0.2, 0.25) is 0 Å². The van der Waals surface area contributed by atoms with Gasteiger partial charge in [0.05, 0.1) is 0 Å². The Morgan fingerprint density at radius 1 is 0.0986 bits per heavy atom. The van der Waals surface area contributed by atoms with Crippen LogP contribution in [0.5, 0.6) is 0 Å². The molecule has 638 valence electrons. The summed E-state index contributed by atoms with van der Waals surface area (Å²) in [6.07, 6.45) is 0. The van der Waals surface area contributed by atoms with Gasteiger partial charge in [-0.3, -0.25) is 0 Å². The van der Waals surface area contributed by atoms with Crippen LogP contribution in [0.4, 0.5) is 0 Å². The van der Waals surface area contributed by atoms with Crippen molar-refractivity contribution < 1.29 is 0 Å². The Kier molecular flexibility index (Phi) is 11.2. The summed E-state index contributed by atoms with van der Waals surface area (Å²) in [5.74, 6) is 0. The molecule has 0 aliphatic heterocycles. The molecule has 0 N–H and O–H groups in total. The molecule has 0 fully saturated rings. The minimum Gasteiger partial charge on any atom is -0.0683 e. The topological polar surface area (TPSA) is 0 Å². The number of fused-ring (bicyclic) bond motifs is 8. The predicted octanol–water partition coefficient (Wildman–Crippen LogP) is 41.9. The molecule has 142 heavy (non-hydrogen) atoms. The third kappa shape index (κ3) is 6.91. The Hall–Kier alpha value is -17.7. The maximum atomic E-state index is 2.82. The second kappa shape index (κ2) is 22.5. The number of hydrogen-bond donors (Lipinski definition) is 0. The molecule has 0 unspecified atom stereocenters. The van der Waals surface area contributed by atoms with Gasteiger partial charge in [-0.15, -0.1) is 0 Å². The largest absolute Gasteiger partial charge is 0.0683 e. The van der Waals surface area contributed by atoms with Gasteiger partial charge in [0.15, 0.2) is 0 Å². The molecule has 0 spiro atoms. The monoisotopic (exact) mass is 1770 g/mol. The lowest BCUT2D eigenvalue weighted by atomic mass is 9.69. The standard InChI is InChI=1S/C138H58.2C2H6/c1-55-23-25-61-27-35-73-93(57-15-7-3-8-16-57)75-37-31-65-49-83-87-53-89-85-51-67-33-42-80-96(60-21-13-6-14-22-60)78-40-30-64-48-82-70-44-46-72-92-56(2)24-26-62-28-36-74-94(58-17-9-4-10-18-58)76-38-32-66-50-84-88-54-90-86-52-68-34-41-79-95(59-19-11-5-12-20-59)77-39-29-63-47-81-69-43-45-71-91(55)97(61)107(73)133-109(75)99(65)127(105(69)115(71)133)119(83)117(81)129-101(63)111(77)135-113(79)103(68)131(125(89)137(135)123(87)129)122(86)121(85)132-104(67)114(80)136-112(78)102(64)130(124(88)138(136)126(90)132)118(82)120(84)128-100(66)110(76)134(108(74)98(62)92)116(72)106(70)128;2*1-2/h3-54H,1-2H3;2*1-2H3. The molecule has 0 heterocycles. The fourth-order valence-corrected chi connectivity index (χ4v) is 33.4. The van der Waals surface area contributed by atoms with E-state index in [0.29, 0.717) is 0 Å². The molecule has 0 aromatic heterocycles. The first-order valence-corrected chi connectivity index (χ1v) is 51.4. The van der Waals surface area contributed by atoms with Gasteiger partial charge >= 0.3 is 0 Å². The van der Waals surface area contributed by atoms with Crippen LogP contribution in [0, 0.1) is 13.8 Å². The van der Waals surface area contributed by atoms with E-state index in [1.807, 2.05) is 27.7 Å². The van der Waals surface area contributed by atoms with Gasteiger partial charge in [-0.05, 0) is 517 Å². The van der Waals surface area contributed by atoms with Crippen LogP contribution in [0.15, 0.2) is 315 Å². The van der Waals surface area contributed by atoms with Gasteiger partial charge in [0.2, 0.25) is 0 Å². The summed E-state index contributed by atoms with van der Waals surface area (Å²) < 4.78 is 0. The summed E-state index contributed by atoms with van der Waals surface area (Å²) in [6.45, 7) is 12.7. The van der Waals surface area contributed by atoms with Crippen LogP contribution in [0.1, 0.15) is 38.8 Å². The van der Waals surface area contributed by atoms with Crippen LogP contribution in [0.25, 0.3) is 443 Å². The van der Waals surface area contributed by atoms with E-state index >= 15 is 0 Å². The van der Waals surface area contributed by atoms with Gasteiger partial charge in [0, 0.05) is 0 Å². The lowest BCUT2D eigenvalue weighted by Gasteiger charge is -2.32. The van der Waals surface area contributed by atoms with Crippen molar-refractivity contribution >= 4 is 399 Å². The first kappa shape index (κ1) is 70.9. The number of rotatable bonds is 4. The van der Waals surface area contributed by atoms with Gasteiger partial charge < -0.3 is 0 Å². The Balaban J connectivity index is 0.00000198. The third-order valence-corrected chi connectivity index (χ3v) is 37.6. The first-order chi connectivity index (χ1) is 70.4. The summed E-state index contributed by atoms with van der Waals surface area (Å²) in [7, 11) is 0. The summed E-state index contributed by atoms with van der Waals surface area (Å²) in [5.41, 5.74) is 13.0. The molecule has 0 bridgehead atoms. The molecule has 42 aromatic carbocycles. The van der Waals surface area contributed by atoms with E-state index in [4.69, 9.17) is 0 Å². The molecule has 0 aliphatic carbocycles. The predicted molar refractivity (Wildman–Crippen MR) is 623 cm³/mol. The highest BCUT2D eigenvalue weighted by Gasteiger charge is 2.41. The summed E-state index contributed by atoms with van der Waals surface area (Å²) in [4.78, 5) is 0. The molecule has 42 rings (SSSR count). The molecule has 0 saturated heterocycles. The molecule has 0 radical (unpaired) electrons. The van der Waals surface area contributed by atoms with Crippen molar-refractivity contribution in [3.63, 3.8) is 0 Å². The number of benzene rings is 42. The lowest BCUT2D eigenvalue weighted by molar-refractivity contribution is 1.50. The van der Waals surface area contributed by atoms with Gasteiger partial charge in [0.1, 0.15) is 0 Å². The van der Waals surface area contributed by atoms with Crippen molar-refractivity contribution in [2.24, 2.45) is 0 Å². The van der Waals surface area contributed by atoms with Crippen LogP contribution in [0.3, 0.4) is 0 Å². The van der Waals surface area contributed by atoms with Crippen molar-refractivity contribution in [2.75, 3.05) is 0 Å². The highest BCUT2D eigenvalue weighted by molar-refractivity contribution is 6.69. The maximum Gasteiger partial charge on any atom is -0.0000461 e. The van der Waals surface area contributed by atoms with Crippen LogP contribution in [-0.2, 0) is 0 Å². The van der Waals surface area contributed by atoms with E-state index in [0.717, 1.165) is 0 Å². The van der Waals surface area contributed by atoms with E-state index in [1.54, 1.807) is 0 Å². The average Bonchev–Trinajstić information content (AvgIpc) is 0.628. The van der Waals surface area contributed by atoms with E-state index in [2.05, 4.69) is 329 Å². The average molecular weight is 1780 g/mol. The van der Waals surface area contributed by atoms with E-state index in [-0.39, 0.29) is 0 Å². The Morgan fingerprint density at radius 2 is 0.246 bits per heavy atom. The zero-order chi connectivity index (χ0) is 91.3. The Labute approximate surface area is 805 Å². The first-order valence-electron chi connectivity index (χ1n) is 51.4. The minimum atomic E-state index is 1.25. The fourth-order valence-electron chi connectivity index (χ4n) is 33.4. The van der Waals surface area contributed by atoms with Gasteiger partial charge in [-0.2, -0.15) is 0 Å². The van der Waals surface area contributed by atoms with Gasteiger partial charge in [0.25, 0.3) is 0 Å². The van der Waals surface area contributed by atoms with Crippen molar-refractivity contribution in [1.82, 2.24) is 0 Å². The van der Waals surface area contributed by atoms with Crippen molar-refractivity contribution in [2.45, 2.75) is 41.5 Å². The Morgan fingerprint density at radius 3 is 0.486 bits per heavy atom. The van der Waals surface area contributed by atoms with Gasteiger partial charge in [-0.25, -0.2) is 0 Å². The molecule has 0 atom stereocenters. The van der Waals surface area contributed by atoms with E-state index in [9.17, 15) is 0 Å². The van der Waals surface area contributed by atoms with Crippen LogP contribution >= 0.6 is 0 Å². The molecule has 0 aliphatic rings. The van der Waals surface area contributed by atoms with Crippen molar-refractivity contribution in [3.05, 3.63) is 327 Å². The molecule has 42 aromatic rings. The summed E-state index contributed by atoms with van der Waals surface area (Å²) in [5, 5.41) is 102. The zero-order valence-corrected chi connectivity index (χ0v) is 78.0. The van der Waals surface area contributed by atoms with Gasteiger partial charge in [-0.1, -0.05) is 295 Å². The van der Waals surface area contributed by atoms with Crippen LogP contribution < -0.4 is 0 Å². The molecule has 0 amide bonds. The highest BCUT2D eigenvalue weighted by Crippen LogP contribution is 2.70. The van der Waals surface area contributed by atoms with Crippen molar-refractivity contribution in [3.8, 4) is 44.5 Å². The summed E-state index contributed by atoms with van der Waals surface area (Å²) in [6, 6.07) is 128. The second-order valence-corrected chi connectivity index (χ2v) is 42.7. The zero-order valence-electron chi connectivity index (χ0n) is 78.0. The fraction of sp³-hybridized carbons (Fsp3) is 0.0423. The van der Waals surface area contributed by atoms with Crippen molar-refractivity contribution in [1.29, 1.82) is 0 Å². The molecular formula is C142H70. The third-order valence-electron chi connectivity index (χ3n) is 37.6. The molecule has 0 saturated carbocycles. The minimum absolute atomic E-state index is 1.25. The smallest absolute Gasteiger partial charge is 0.0000461 e. The second-order valence-electron chi connectivity index (χ2n) is 42.7. The molecule has 0 nitrogen and oxygen atoms in total. The highest BCUT2D eigenvalue weighted by atomic mass is 14.4. The normalized spacial score (nSPS) is 13.7. The van der Waals surface area contributed by atoms with Crippen LogP contribution in [-0.4, -0.2) is 0 Å².